The molecular weight excluding hydrogens is 324 g/mol. The maximum Gasteiger partial charge on any atom is 0.336 e. The van der Waals surface area contributed by atoms with Crippen molar-refractivity contribution >= 4 is 11.0 Å². The molecule has 0 amide bonds. The van der Waals surface area contributed by atoms with Crippen molar-refractivity contribution in [3.05, 3.63) is 45.3 Å². The normalized spacial score (nSPS) is 20.7. The summed E-state index contributed by atoms with van der Waals surface area (Å²) >= 11 is 0. The van der Waals surface area contributed by atoms with E-state index in [1.807, 2.05) is 13.0 Å². The molecule has 0 unspecified atom stereocenters. The molecule has 0 aliphatic carbocycles. The Bertz CT molecular complexity index is 828. The molecule has 4 heteroatoms. The van der Waals surface area contributed by atoms with E-state index in [1.165, 1.54) is 50.8 Å². The van der Waals surface area contributed by atoms with Crippen molar-refractivity contribution in [1.29, 1.82) is 0 Å². The van der Waals surface area contributed by atoms with Crippen LogP contribution in [0.5, 0.6) is 0 Å². The predicted octanol–water partition coefficient (Wildman–Crippen LogP) is 3.86. The third kappa shape index (κ3) is 3.72. The monoisotopic (exact) mass is 354 g/mol. The Morgan fingerprint density at radius 1 is 1.00 bits per heavy atom. The molecule has 1 aromatic carbocycles. The highest BCUT2D eigenvalue weighted by Gasteiger charge is 2.26. The van der Waals surface area contributed by atoms with Crippen LogP contribution in [0.3, 0.4) is 0 Å². The van der Waals surface area contributed by atoms with E-state index in [1.54, 1.807) is 6.07 Å². The second-order valence-electron chi connectivity index (χ2n) is 8.15. The van der Waals surface area contributed by atoms with Gasteiger partial charge in [-0.2, -0.15) is 0 Å². The Labute approximate surface area is 155 Å². The van der Waals surface area contributed by atoms with Gasteiger partial charge in [0.05, 0.1) is 0 Å². The van der Waals surface area contributed by atoms with Crippen molar-refractivity contribution in [3.63, 3.8) is 0 Å². The van der Waals surface area contributed by atoms with Gasteiger partial charge in [-0.15, -0.1) is 0 Å². The second kappa shape index (κ2) is 7.53. The van der Waals surface area contributed by atoms with Crippen molar-refractivity contribution < 1.29 is 4.42 Å². The molecule has 3 heterocycles. The van der Waals surface area contributed by atoms with Crippen LogP contribution in [0.1, 0.15) is 48.8 Å². The first-order valence-electron chi connectivity index (χ1n) is 10.1. The quantitative estimate of drug-likeness (QED) is 0.784. The topological polar surface area (TPSA) is 36.7 Å². The number of hydrogen-bond acceptors (Lipinski definition) is 4. The van der Waals surface area contributed by atoms with Crippen LogP contribution < -0.4 is 5.63 Å². The first-order chi connectivity index (χ1) is 12.6. The zero-order valence-corrected chi connectivity index (χ0v) is 16.1. The summed E-state index contributed by atoms with van der Waals surface area (Å²) in [5, 5.41) is 1.12. The third-order valence-electron chi connectivity index (χ3n) is 6.13. The zero-order valence-electron chi connectivity index (χ0n) is 16.1. The van der Waals surface area contributed by atoms with Gasteiger partial charge in [0.2, 0.25) is 0 Å². The molecule has 26 heavy (non-hydrogen) atoms. The molecule has 2 aromatic rings. The molecule has 0 atom stereocenters. The predicted molar refractivity (Wildman–Crippen MR) is 106 cm³/mol. The second-order valence-corrected chi connectivity index (χ2v) is 8.15. The van der Waals surface area contributed by atoms with Gasteiger partial charge in [0.25, 0.3) is 0 Å². The lowest BCUT2D eigenvalue weighted by molar-refractivity contribution is 0.0897. The molecule has 0 bridgehead atoms. The number of likely N-dealkylation sites (tertiary alicyclic amines) is 2. The fourth-order valence-electron chi connectivity index (χ4n) is 4.86. The highest BCUT2D eigenvalue weighted by Crippen LogP contribution is 2.26. The van der Waals surface area contributed by atoms with Gasteiger partial charge in [0, 0.05) is 24.0 Å². The number of rotatable bonds is 3. The van der Waals surface area contributed by atoms with Crippen LogP contribution in [-0.4, -0.2) is 42.0 Å². The number of piperidine rings is 2. The average molecular weight is 354 g/mol. The van der Waals surface area contributed by atoms with Crippen molar-refractivity contribution in [2.24, 2.45) is 0 Å². The zero-order chi connectivity index (χ0) is 18.1. The van der Waals surface area contributed by atoms with Crippen LogP contribution in [0.25, 0.3) is 11.0 Å². The molecule has 2 aliphatic heterocycles. The van der Waals surface area contributed by atoms with Crippen molar-refractivity contribution in [2.75, 3.05) is 26.2 Å². The Morgan fingerprint density at radius 3 is 2.46 bits per heavy atom. The van der Waals surface area contributed by atoms with E-state index in [-0.39, 0.29) is 5.63 Å². The minimum atomic E-state index is -0.235. The summed E-state index contributed by atoms with van der Waals surface area (Å²) in [7, 11) is 0. The summed E-state index contributed by atoms with van der Waals surface area (Å²) in [5.41, 5.74) is 3.94. The third-order valence-corrected chi connectivity index (χ3v) is 6.13. The molecule has 2 aliphatic rings. The molecular formula is C22H30N2O2. The van der Waals surface area contributed by atoms with Gasteiger partial charge in [-0.25, -0.2) is 4.79 Å². The molecule has 0 saturated carbocycles. The Morgan fingerprint density at radius 2 is 1.73 bits per heavy atom. The molecule has 2 fully saturated rings. The van der Waals surface area contributed by atoms with Crippen molar-refractivity contribution in [2.45, 2.75) is 58.5 Å². The van der Waals surface area contributed by atoms with E-state index in [0.29, 0.717) is 0 Å². The lowest BCUT2D eigenvalue weighted by Gasteiger charge is -2.40. The van der Waals surface area contributed by atoms with Gasteiger partial charge in [-0.05, 0) is 88.5 Å². The maximum absolute atomic E-state index is 12.0. The molecule has 140 valence electrons. The maximum atomic E-state index is 12.0. The number of fused-ring (bicyclic) bond motifs is 1. The van der Waals surface area contributed by atoms with Gasteiger partial charge < -0.3 is 9.32 Å². The van der Waals surface area contributed by atoms with E-state index < -0.39 is 0 Å². The standard InChI is InChI=1S/C22H30N2O2/c1-16-12-17(2)22-18(14-21(25)26-20(22)13-16)15-23-10-6-19(7-11-23)24-8-4-3-5-9-24/h12-14,19H,3-11,15H2,1-2H3. The largest absolute Gasteiger partial charge is 0.423 e. The number of aryl methyl sites for hydroxylation is 2. The van der Waals surface area contributed by atoms with E-state index >= 15 is 0 Å². The van der Waals surface area contributed by atoms with Gasteiger partial charge >= 0.3 is 5.63 Å². The van der Waals surface area contributed by atoms with Crippen LogP contribution in [0.2, 0.25) is 0 Å². The van der Waals surface area contributed by atoms with Crippen LogP contribution in [-0.2, 0) is 6.54 Å². The van der Waals surface area contributed by atoms with Crippen LogP contribution in [0.4, 0.5) is 0 Å². The molecule has 0 N–H and O–H groups in total. The van der Waals surface area contributed by atoms with E-state index in [0.717, 1.165) is 47.8 Å². The van der Waals surface area contributed by atoms with E-state index in [9.17, 15) is 4.79 Å². The number of hydrogen-bond donors (Lipinski definition) is 0. The fraction of sp³-hybridized carbons (Fsp3) is 0.591. The first-order valence-corrected chi connectivity index (χ1v) is 10.1. The van der Waals surface area contributed by atoms with E-state index in [2.05, 4.69) is 22.8 Å². The molecule has 4 rings (SSSR count). The highest BCUT2D eigenvalue weighted by atomic mass is 16.4. The number of benzene rings is 1. The van der Waals surface area contributed by atoms with Crippen molar-refractivity contribution in [1.82, 2.24) is 9.80 Å². The molecule has 0 spiro atoms. The molecule has 1 aromatic heterocycles. The summed E-state index contributed by atoms with van der Waals surface area (Å²) in [6.45, 7) is 9.81. The molecule has 0 radical (unpaired) electrons. The van der Waals surface area contributed by atoms with Gasteiger partial charge in [0.15, 0.2) is 0 Å². The summed E-state index contributed by atoms with van der Waals surface area (Å²) in [4.78, 5) is 17.3. The van der Waals surface area contributed by atoms with Crippen LogP contribution in [0.15, 0.2) is 27.4 Å². The van der Waals surface area contributed by atoms with Gasteiger partial charge in [-0.3, -0.25) is 4.90 Å². The average Bonchev–Trinajstić information content (AvgIpc) is 2.62. The lowest BCUT2D eigenvalue weighted by atomic mass is 9.98. The Hall–Kier alpha value is -1.65. The minimum absolute atomic E-state index is 0.235. The molecule has 2 saturated heterocycles. The summed E-state index contributed by atoms with van der Waals surface area (Å²) < 4.78 is 5.47. The minimum Gasteiger partial charge on any atom is -0.423 e. The molecule has 4 nitrogen and oxygen atoms in total. The highest BCUT2D eigenvalue weighted by molar-refractivity contribution is 5.84. The van der Waals surface area contributed by atoms with Crippen LogP contribution >= 0.6 is 0 Å². The number of nitrogens with zero attached hydrogens (tertiary/aromatic N) is 2. The first kappa shape index (κ1) is 17.7. The smallest absolute Gasteiger partial charge is 0.336 e. The van der Waals surface area contributed by atoms with Gasteiger partial charge in [-0.1, -0.05) is 12.5 Å². The lowest BCUT2D eigenvalue weighted by Crippen LogP contribution is -2.46. The summed E-state index contributed by atoms with van der Waals surface area (Å²) in [6, 6.07) is 6.61. The SMILES string of the molecule is Cc1cc(C)c2c(CN3CCC(N4CCCCC4)CC3)cc(=O)oc2c1. The fourth-order valence-corrected chi connectivity index (χ4v) is 4.86. The van der Waals surface area contributed by atoms with Crippen molar-refractivity contribution in [3.8, 4) is 0 Å². The summed E-state index contributed by atoms with van der Waals surface area (Å²) in [5.74, 6) is 0. The Balaban J connectivity index is 1.49. The summed E-state index contributed by atoms with van der Waals surface area (Å²) in [6.07, 6.45) is 6.63. The Kier molecular flexibility index (Phi) is 5.14. The van der Waals surface area contributed by atoms with Crippen LogP contribution in [0, 0.1) is 13.8 Å². The van der Waals surface area contributed by atoms with E-state index in [4.69, 9.17) is 4.42 Å². The van der Waals surface area contributed by atoms with Gasteiger partial charge in [0.1, 0.15) is 5.58 Å².